The molecule has 1 aromatic rings. The number of benzene rings is 1. The van der Waals surface area contributed by atoms with Crippen LogP contribution in [0.3, 0.4) is 0 Å². The van der Waals surface area contributed by atoms with Gasteiger partial charge >= 0.3 is 6.03 Å². The molecule has 0 unspecified atom stereocenters. The van der Waals surface area contributed by atoms with Crippen LogP contribution in [0, 0.1) is 0 Å². The van der Waals surface area contributed by atoms with E-state index < -0.39 is 10.0 Å². The molecule has 7 nitrogen and oxygen atoms in total. The summed E-state index contributed by atoms with van der Waals surface area (Å²) in [6.07, 6.45) is 4.46. The zero-order valence-electron chi connectivity index (χ0n) is 13.7. The Bertz CT molecular complexity index is 714. The normalized spacial score (nSPS) is 18.8. The van der Waals surface area contributed by atoms with Crippen LogP contribution >= 0.6 is 0 Å². The number of sulfonamides is 1. The molecule has 132 valence electrons. The van der Waals surface area contributed by atoms with Gasteiger partial charge in [0.25, 0.3) is 0 Å². The number of carbonyl (C=O) groups is 1. The fraction of sp³-hybridized carbons (Fsp3) is 0.562. The molecule has 1 saturated heterocycles. The van der Waals surface area contributed by atoms with E-state index in [1.807, 2.05) is 12.1 Å². The number of anilines is 2. The highest BCUT2D eigenvalue weighted by Gasteiger charge is 2.24. The van der Waals surface area contributed by atoms with Crippen LogP contribution in [-0.2, 0) is 21.2 Å². The van der Waals surface area contributed by atoms with Gasteiger partial charge in [0.15, 0.2) is 0 Å². The first kappa shape index (κ1) is 17.0. The van der Waals surface area contributed by atoms with E-state index in [-0.39, 0.29) is 12.1 Å². The number of carbonyl (C=O) groups excluding carboxylic acids is 1. The molecule has 2 N–H and O–H groups in total. The third-order valence-electron chi connectivity index (χ3n) is 4.38. The number of nitrogens with zero attached hydrogens (tertiary/aromatic N) is 1. The summed E-state index contributed by atoms with van der Waals surface area (Å²) in [6, 6.07) is 5.27. The maximum absolute atomic E-state index is 12.1. The Morgan fingerprint density at radius 1 is 1.29 bits per heavy atom. The summed E-state index contributed by atoms with van der Waals surface area (Å²) in [6.45, 7) is 1.80. The van der Waals surface area contributed by atoms with Crippen LogP contribution in [0.2, 0.25) is 0 Å². The lowest BCUT2D eigenvalue weighted by molar-refractivity contribution is 0.0806. The lowest BCUT2D eigenvalue weighted by Gasteiger charge is -2.29. The zero-order chi connectivity index (χ0) is 17.2. The first-order valence-corrected chi connectivity index (χ1v) is 10.0. The predicted octanol–water partition coefficient (Wildman–Crippen LogP) is 1.70. The Labute approximate surface area is 142 Å². The number of fused-ring (bicyclic) bond motifs is 1. The van der Waals surface area contributed by atoms with E-state index >= 15 is 0 Å². The third kappa shape index (κ3) is 3.99. The highest BCUT2D eigenvalue weighted by molar-refractivity contribution is 7.92. The molecule has 0 spiro atoms. The van der Waals surface area contributed by atoms with Gasteiger partial charge in [-0.3, -0.25) is 4.31 Å². The maximum atomic E-state index is 12.1. The molecule has 3 rings (SSSR count). The number of rotatable bonds is 3. The number of hydrogen-bond donors (Lipinski definition) is 2. The molecule has 0 atom stereocenters. The third-order valence-corrected chi connectivity index (χ3v) is 5.56. The molecule has 8 heteroatoms. The lowest BCUT2D eigenvalue weighted by atomic mass is 10.0. The number of hydrogen-bond acceptors (Lipinski definition) is 4. The lowest BCUT2D eigenvalue weighted by Crippen LogP contribution is -2.41. The summed E-state index contributed by atoms with van der Waals surface area (Å²) < 4.78 is 30.6. The van der Waals surface area contributed by atoms with E-state index in [1.165, 1.54) is 10.6 Å². The van der Waals surface area contributed by atoms with E-state index in [4.69, 9.17) is 4.74 Å². The smallest absolute Gasteiger partial charge is 0.319 e. The van der Waals surface area contributed by atoms with Crippen molar-refractivity contribution < 1.29 is 17.9 Å². The van der Waals surface area contributed by atoms with E-state index in [2.05, 4.69) is 10.6 Å². The largest absolute Gasteiger partial charge is 0.381 e. The second-order valence-electron chi connectivity index (χ2n) is 6.27. The van der Waals surface area contributed by atoms with Crippen molar-refractivity contribution in [1.29, 1.82) is 0 Å². The standard InChI is InChI=1S/C16H23N3O4S/c1-24(21,22)19-8-2-3-12-4-5-14(11-15(12)19)18-16(20)17-13-6-9-23-10-7-13/h4-5,11,13H,2-3,6-10H2,1H3,(H2,17,18,20). The van der Waals surface area contributed by atoms with Gasteiger partial charge in [-0.2, -0.15) is 0 Å². The number of ether oxygens (including phenoxy) is 1. The molecular weight excluding hydrogens is 330 g/mol. The Hall–Kier alpha value is -1.80. The summed E-state index contributed by atoms with van der Waals surface area (Å²) in [5.74, 6) is 0. The van der Waals surface area contributed by atoms with Crippen molar-refractivity contribution in [3.63, 3.8) is 0 Å². The van der Waals surface area contributed by atoms with E-state index in [0.29, 0.717) is 31.1 Å². The van der Waals surface area contributed by atoms with Gasteiger partial charge in [-0.1, -0.05) is 6.07 Å². The van der Waals surface area contributed by atoms with Crippen molar-refractivity contribution in [2.24, 2.45) is 0 Å². The van der Waals surface area contributed by atoms with Crippen LogP contribution in [0.1, 0.15) is 24.8 Å². The fourth-order valence-electron chi connectivity index (χ4n) is 3.16. The van der Waals surface area contributed by atoms with Gasteiger partial charge in [-0.15, -0.1) is 0 Å². The summed E-state index contributed by atoms with van der Waals surface area (Å²) in [5.41, 5.74) is 2.24. The zero-order valence-corrected chi connectivity index (χ0v) is 14.6. The van der Waals surface area contributed by atoms with Crippen molar-refractivity contribution in [2.75, 3.05) is 35.6 Å². The van der Waals surface area contributed by atoms with E-state index in [1.54, 1.807) is 6.07 Å². The molecule has 0 radical (unpaired) electrons. The minimum Gasteiger partial charge on any atom is -0.381 e. The van der Waals surface area contributed by atoms with Gasteiger partial charge in [-0.05, 0) is 43.4 Å². The van der Waals surface area contributed by atoms with Gasteiger partial charge < -0.3 is 15.4 Å². The summed E-state index contributed by atoms with van der Waals surface area (Å²) in [7, 11) is -3.32. The van der Waals surface area contributed by atoms with Crippen LogP contribution in [0.5, 0.6) is 0 Å². The van der Waals surface area contributed by atoms with Crippen LogP contribution in [0.4, 0.5) is 16.2 Å². The second-order valence-corrected chi connectivity index (χ2v) is 8.17. The van der Waals surface area contributed by atoms with Crippen molar-refractivity contribution >= 4 is 27.4 Å². The maximum Gasteiger partial charge on any atom is 0.319 e. The number of amides is 2. The first-order valence-electron chi connectivity index (χ1n) is 8.19. The van der Waals surface area contributed by atoms with Crippen LogP contribution in [-0.4, -0.2) is 46.5 Å². The van der Waals surface area contributed by atoms with E-state index in [9.17, 15) is 13.2 Å². The average molecular weight is 353 g/mol. The molecule has 0 bridgehead atoms. The molecule has 0 aliphatic carbocycles. The van der Waals surface area contributed by atoms with Gasteiger partial charge in [0.2, 0.25) is 10.0 Å². The molecule has 0 aromatic heterocycles. The van der Waals surface area contributed by atoms with Crippen LogP contribution < -0.4 is 14.9 Å². The summed E-state index contributed by atoms with van der Waals surface area (Å²) >= 11 is 0. The Morgan fingerprint density at radius 3 is 2.75 bits per heavy atom. The van der Waals surface area contributed by atoms with Crippen molar-refractivity contribution in [2.45, 2.75) is 31.7 Å². The van der Waals surface area contributed by atoms with E-state index in [0.717, 1.165) is 31.2 Å². The number of nitrogens with one attached hydrogen (secondary N) is 2. The van der Waals surface area contributed by atoms with Gasteiger partial charge in [-0.25, -0.2) is 13.2 Å². The molecule has 1 fully saturated rings. The number of urea groups is 1. The molecule has 24 heavy (non-hydrogen) atoms. The van der Waals surface area contributed by atoms with Gasteiger partial charge in [0.1, 0.15) is 0 Å². The quantitative estimate of drug-likeness (QED) is 0.866. The topological polar surface area (TPSA) is 87.7 Å². The Balaban J connectivity index is 1.72. The molecule has 2 heterocycles. The van der Waals surface area contributed by atoms with Gasteiger partial charge in [0.05, 0.1) is 11.9 Å². The highest BCUT2D eigenvalue weighted by Crippen LogP contribution is 2.31. The SMILES string of the molecule is CS(=O)(=O)N1CCCc2ccc(NC(=O)NC3CCOCC3)cc21. The average Bonchev–Trinajstić information content (AvgIpc) is 2.54. The molecule has 1 aromatic carbocycles. The predicted molar refractivity (Wildman–Crippen MR) is 92.9 cm³/mol. The van der Waals surface area contributed by atoms with Crippen molar-refractivity contribution in [3.05, 3.63) is 23.8 Å². The second kappa shape index (κ2) is 6.98. The monoisotopic (exact) mass is 353 g/mol. The van der Waals surface area contributed by atoms with Crippen LogP contribution in [0.15, 0.2) is 18.2 Å². The highest BCUT2D eigenvalue weighted by atomic mass is 32.2. The summed E-state index contributed by atoms with van der Waals surface area (Å²) in [5, 5.41) is 5.73. The van der Waals surface area contributed by atoms with Gasteiger partial charge in [0, 0.05) is 31.5 Å². The van der Waals surface area contributed by atoms with Crippen molar-refractivity contribution in [1.82, 2.24) is 5.32 Å². The summed E-state index contributed by atoms with van der Waals surface area (Å²) in [4.78, 5) is 12.1. The van der Waals surface area contributed by atoms with Crippen LogP contribution in [0.25, 0.3) is 0 Å². The Kier molecular flexibility index (Phi) is 4.96. The van der Waals surface area contributed by atoms with Crippen molar-refractivity contribution in [3.8, 4) is 0 Å². The molecule has 2 aliphatic rings. The first-order chi connectivity index (χ1) is 11.4. The molecule has 2 amide bonds. The Morgan fingerprint density at radius 2 is 2.04 bits per heavy atom. The minimum absolute atomic E-state index is 0.115. The fourth-order valence-corrected chi connectivity index (χ4v) is 4.15. The molecular formula is C16H23N3O4S. The molecule has 0 saturated carbocycles. The number of aryl methyl sites for hydroxylation is 1. The minimum atomic E-state index is -3.32. The molecule has 2 aliphatic heterocycles.